The lowest BCUT2D eigenvalue weighted by Crippen LogP contribution is -2.21. The van der Waals surface area contributed by atoms with E-state index in [9.17, 15) is 19.0 Å². The lowest BCUT2D eigenvalue weighted by molar-refractivity contribution is 0.0131. The highest BCUT2D eigenvalue weighted by Gasteiger charge is 2.24. The molecule has 0 saturated heterocycles. The van der Waals surface area contributed by atoms with Crippen LogP contribution in [-0.2, 0) is 0 Å². The predicted octanol–water partition coefficient (Wildman–Crippen LogP) is 1.73. The van der Waals surface area contributed by atoms with Gasteiger partial charge in [-0.05, 0) is 18.6 Å². The SMILES string of the molecule is Nc1cc(F)c(C(O)C(O)CCBr)c(F)c1. The number of nitrogen functional groups attached to an aromatic ring is 1. The highest BCUT2D eigenvalue weighted by atomic mass is 79.9. The summed E-state index contributed by atoms with van der Waals surface area (Å²) in [7, 11) is 0. The standard InChI is InChI=1S/C10H12BrF2NO2/c11-2-1-8(15)10(16)9-6(12)3-5(14)4-7(9)13/h3-4,8,10,15-16H,1-2,14H2. The molecule has 1 aromatic rings. The minimum atomic E-state index is -1.60. The highest BCUT2D eigenvalue weighted by Crippen LogP contribution is 2.26. The zero-order valence-electron chi connectivity index (χ0n) is 8.33. The quantitative estimate of drug-likeness (QED) is 0.585. The summed E-state index contributed by atoms with van der Waals surface area (Å²) in [4.78, 5) is 0. The summed E-state index contributed by atoms with van der Waals surface area (Å²) in [5.74, 6) is -1.92. The van der Waals surface area contributed by atoms with Gasteiger partial charge in [0.25, 0.3) is 0 Å². The Bertz CT molecular complexity index is 353. The molecule has 0 aliphatic carbocycles. The fourth-order valence-corrected chi connectivity index (χ4v) is 1.82. The van der Waals surface area contributed by atoms with E-state index < -0.39 is 29.4 Å². The first-order valence-electron chi connectivity index (χ1n) is 4.64. The largest absolute Gasteiger partial charge is 0.399 e. The molecule has 1 rings (SSSR count). The number of halogens is 3. The topological polar surface area (TPSA) is 66.5 Å². The second-order valence-electron chi connectivity index (χ2n) is 3.39. The molecule has 0 amide bonds. The van der Waals surface area contributed by atoms with E-state index in [1.54, 1.807) is 0 Å². The molecule has 90 valence electrons. The number of aliphatic hydroxyl groups is 2. The first-order chi connectivity index (χ1) is 7.47. The van der Waals surface area contributed by atoms with Gasteiger partial charge in [0.2, 0.25) is 0 Å². The molecule has 0 aliphatic rings. The molecule has 0 aromatic heterocycles. The van der Waals surface area contributed by atoms with Crippen LogP contribution >= 0.6 is 15.9 Å². The number of hydrogen-bond acceptors (Lipinski definition) is 3. The van der Waals surface area contributed by atoms with Crippen LogP contribution < -0.4 is 5.73 Å². The Morgan fingerprint density at radius 1 is 1.25 bits per heavy atom. The van der Waals surface area contributed by atoms with Gasteiger partial charge in [-0.1, -0.05) is 15.9 Å². The average Bonchev–Trinajstić information content (AvgIpc) is 2.16. The Morgan fingerprint density at radius 3 is 2.19 bits per heavy atom. The summed E-state index contributed by atoms with van der Waals surface area (Å²) in [6, 6.07) is 1.81. The lowest BCUT2D eigenvalue weighted by atomic mass is 10.0. The maximum absolute atomic E-state index is 13.4. The average molecular weight is 296 g/mol. The second kappa shape index (κ2) is 5.56. The molecular weight excluding hydrogens is 284 g/mol. The highest BCUT2D eigenvalue weighted by molar-refractivity contribution is 9.09. The number of benzene rings is 1. The van der Waals surface area contributed by atoms with Gasteiger partial charge in [0, 0.05) is 11.0 Å². The van der Waals surface area contributed by atoms with Crippen LogP contribution in [0.3, 0.4) is 0 Å². The van der Waals surface area contributed by atoms with E-state index in [2.05, 4.69) is 15.9 Å². The van der Waals surface area contributed by atoms with Crippen LogP contribution in [0.5, 0.6) is 0 Å². The second-order valence-corrected chi connectivity index (χ2v) is 4.18. The fraction of sp³-hybridized carbons (Fsp3) is 0.400. The Morgan fingerprint density at radius 2 is 1.75 bits per heavy atom. The Labute approximate surface area is 100 Å². The molecule has 4 N–H and O–H groups in total. The van der Waals surface area contributed by atoms with Gasteiger partial charge < -0.3 is 15.9 Å². The first-order valence-corrected chi connectivity index (χ1v) is 5.76. The van der Waals surface area contributed by atoms with Crippen LogP contribution in [0.1, 0.15) is 18.1 Å². The van der Waals surface area contributed by atoms with Gasteiger partial charge in [0.05, 0.1) is 11.7 Å². The van der Waals surface area contributed by atoms with Crippen molar-refractivity contribution < 1.29 is 19.0 Å². The third-order valence-corrected chi connectivity index (χ3v) is 2.62. The number of anilines is 1. The molecular formula is C10H12BrF2NO2. The van der Waals surface area contributed by atoms with E-state index in [4.69, 9.17) is 5.73 Å². The van der Waals surface area contributed by atoms with Gasteiger partial charge in [-0.25, -0.2) is 8.78 Å². The summed E-state index contributed by atoms with van der Waals surface area (Å²) >= 11 is 3.06. The number of alkyl halides is 1. The van der Waals surface area contributed by atoms with Crippen molar-refractivity contribution in [2.45, 2.75) is 18.6 Å². The van der Waals surface area contributed by atoms with E-state index in [0.717, 1.165) is 12.1 Å². The molecule has 0 radical (unpaired) electrons. The van der Waals surface area contributed by atoms with Crippen molar-refractivity contribution in [1.29, 1.82) is 0 Å². The number of hydrogen-bond donors (Lipinski definition) is 3. The molecule has 0 aliphatic heterocycles. The maximum atomic E-state index is 13.4. The van der Waals surface area contributed by atoms with Crippen LogP contribution in [0.4, 0.5) is 14.5 Å². The van der Waals surface area contributed by atoms with Crippen molar-refractivity contribution >= 4 is 21.6 Å². The molecule has 0 bridgehead atoms. The normalized spacial score (nSPS) is 14.8. The predicted molar refractivity (Wildman–Crippen MR) is 60.1 cm³/mol. The van der Waals surface area contributed by atoms with Crippen molar-refractivity contribution in [1.82, 2.24) is 0 Å². The van der Waals surface area contributed by atoms with E-state index in [1.165, 1.54) is 0 Å². The minimum Gasteiger partial charge on any atom is -0.399 e. The number of nitrogens with two attached hydrogens (primary N) is 1. The Kier molecular flexibility index (Phi) is 4.64. The first kappa shape index (κ1) is 13.3. The van der Waals surface area contributed by atoms with E-state index in [1.807, 2.05) is 0 Å². The smallest absolute Gasteiger partial charge is 0.134 e. The van der Waals surface area contributed by atoms with Gasteiger partial charge in [0.1, 0.15) is 17.7 Å². The van der Waals surface area contributed by atoms with E-state index >= 15 is 0 Å². The number of rotatable bonds is 4. The van der Waals surface area contributed by atoms with Crippen LogP contribution in [0, 0.1) is 11.6 Å². The van der Waals surface area contributed by atoms with Gasteiger partial charge in [-0.2, -0.15) is 0 Å². The van der Waals surface area contributed by atoms with Crippen molar-refractivity contribution in [2.75, 3.05) is 11.1 Å². The van der Waals surface area contributed by atoms with Crippen molar-refractivity contribution in [2.24, 2.45) is 0 Å². The van der Waals surface area contributed by atoms with Crippen LogP contribution in [-0.4, -0.2) is 21.6 Å². The summed E-state index contributed by atoms with van der Waals surface area (Å²) in [6.07, 6.45) is -2.64. The molecule has 0 fully saturated rings. The molecule has 2 unspecified atom stereocenters. The summed E-state index contributed by atoms with van der Waals surface area (Å²) in [6.45, 7) is 0. The van der Waals surface area contributed by atoms with Gasteiger partial charge >= 0.3 is 0 Å². The number of aliphatic hydroxyl groups excluding tert-OH is 2. The third kappa shape index (κ3) is 2.90. The summed E-state index contributed by atoms with van der Waals surface area (Å²) in [5, 5.41) is 19.4. The Hall–Kier alpha value is -0.720. The summed E-state index contributed by atoms with van der Waals surface area (Å²) < 4.78 is 26.7. The monoisotopic (exact) mass is 295 g/mol. The van der Waals surface area contributed by atoms with Crippen LogP contribution in [0.25, 0.3) is 0 Å². The molecule has 2 atom stereocenters. The zero-order chi connectivity index (χ0) is 12.3. The van der Waals surface area contributed by atoms with Crippen molar-refractivity contribution in [3.05, 3.63) is 29.3 Å². The minimum absolute atomic E-state index is 0.0686. The van der Waals surface area contributed by atoms with Gasteiger partial charge in [0.15, 0.2) is 0 Å². The molecule has 0 spiro atoms. The van der Waals surface area contributed by atoms with Crippen LogP contribution in [0.15, 0.2) is 12.1 Å². The molecule has 3 nitrogen and oxygen atoms in total. The van der Waals surface area contributed by atoms with Crippen LogP contribution in [0.2, 0.25) is 0 Å². The summed E-state index contributed by atoms with van der Waals surface area (Å²) in [5.41, 5.74) is 4.61. The zero-order valence-corrected chi connectivity index (χ0v) is 9.92. The van der Waals surface area contributed by atoms with E-state index in [0.29, 0.717) is 5.33 Å². The van der Waals surface area contributed by atoms with Crippen molar-refractivity contribution in [3.63, 3.8) is 0 Å². The Balaban J connectivity index is 3.03. The molecule has 1 aromatic carbocycles. The molecule has 0 heterocycles. The van der Waals surface area contributed by atoms with Crippen molar-refractivity contribution in [3.8, 4) is 0 Å². The van der Waals surface area contributed by atoms with Gasteiger partial charge in [-0.3, -0.25) is 0 Å². The molecule has 16 heavy (non-hydrogen) atoms. The molecule has 0 saturated carbocycles. The maximum Gasteiger partial charge on any atom is 0.134 e. The fourth-order valence-electron chi connectivity index (χ4n) is 1.35. The lowest BCUT2D eigenvalue weighted by Gasteiger charge is -2.18. The van der Waals surface area contributed by atoms with E-state index in [-0.39, 0.29) is 12.1 Å². The van der Waals surface area contributed by atoms with Gasteiger partial charge in [-0.15, -0.1) is 0 Å². The molecule has 6 heteroatoms. The third-order valence-electron chi connectivity index (χ3n) is 2.17.